The van der Waals surface area contributed by atoms with Gasteiger partial charge in [0.1, 0.15) is 11.9 Å². The van der Waals surface area contributed by atoms with Crippen LogP contribution in [-0.4, -0.2) is 71.7 Å². The van der Waals surface area contributed by atoms with Crippen LogP contribution in [0.25, 0.3) is 0 Å². The number of aromatic nitrogens is 1. The van der Waals surface area contributed by atoms with Gasteiger partial charge < -0.3 is 14.5 Å². The zero-order chi connectivity index (χ0) is 16.0. The highest BCUT2D eigenvalue weighted by Gasteiger charge is 2.53. The Hall–Kier alpha value is -2.15. The third-order valence-electron chi connectivity index (χ3n) is 5.07. The fourth-order valence-electron chi connectivity index (χ4n) is 3.84. The van der Waals surface area contributed by atoms with Crippen molar-refractivity contribution >= 4 is 17.8 Å². The van der Waals surface area contributed by atoms with Crippen molar-refractivity contribution in [2.75, 3.05) is 31.6 Å². The molecule has 0 aromatic carbocycles. The van der Waals surface area contributed by atoms with Crippen LogP contribution in [0.2, 0.25) is 0 Å². The van der Waals surface area contributed by atoms with E-state index >= 15 is 0 Å². The van der Waals surface area contributed by atoms with Gasteiger partial charge in [-0.05, 0) is 18.6 Å². The first kappa shape index (κ1) is 14.4. The average molecular weight is 316 g/mol. The van der Waals surface area contributed by atoms with Gasteiger partial charge in [0.25, 0.3) is 5.91 Å². The molecule has 3 amide bonds. The zero-order valence-corrected chi connectivity index (χ0v) is 13.1. The summed E-state index contributed by atoms with van der Waals surface area (Å²) >= 11 is 0. The van der Waals surface area contributed by atoms with E-state index in [9.17, 15) is 9.59 Å². The van der Waals surface area contributed by atoms with Crippen molar-refractivity contribution in [3.05, 3.63) is 24.4 Å². The minimum absolute atomic E-state index is 0.0244. The number of nitrogens with zero attached hydrogens (tertiary/aromatic N) is 4. The Balaban J connectivity index is 1.48. The second kappa shape index (κ2) is 5.49. The first-order chi connectivity index (χ1) is 11.2. The van der Waals surface area contributed by atoms with Crippen LogP contribution in [0.1, 0.15) is 12.8 Å². The summed E-state index contributed by atoms with van der Waals surface area (Å²) in [6, 6.07) is 5.22. The molecular weight excluding hydrogens is 296 g/mol. The number of rotatable bonds is 3. The number of hydrogen-bond acceptors (Lipinski definition) is 5. The van der Waals surface area contributed by atoms with Crippen molar-refractivity contribution in [3.8, 4) is 0 Å². The van der Waals surface area contributed by atoms with E-state index in [1.807, 2.05) is 18.2 Å². The number of pyridine rings is 1. The first-order valence-electron chi connectivity index (χ1n) is 8.01. The van der Waals surface area contributed by atoms with Gasteiger partial charge in [-0.25, -0.2) is 9.78 Å². The van der Waals surface area contributed by atoms with E-state index in [0.717, 1.165) is 18.8 Å². The maximum absolute atomic E-state index is 12.7. The summed E-state index contributed by atoms with van der Waals surface area (Å²) in [4.78, 5) is 34.9. The molecule has 4 rings (SSSR count). The summed E-state index contributed by atoms with van der Waals surface area (Å²) < 4.78 is 5.30. The summed E-state index contributed by atoms with van der Waals surface area (Å²) in [5.41, 5.74) is 0. The third kappa shape index (κ3) is 2.26. The van der Waals surface area contributed by atoms with Gasteiger partial charge in [0.15, 0.2) is 0 Å². The third-order valence-corrected chi connectivity index (χ3v) is 5.07. The molecule has 3 saturated heterocycles. The highest BCUT2D eigenvalue weighted by molar-refractivity contribution is 6.05. The van der Waals surface area contributed by atoms with Crippen LogP contribution in [-0.2, 0) is 9.53 Å². The van der Waals surface area contributed by atoms with Gasteiger partial charge in [-0.3, -0.25) is 9.69 Å². The van der Waals surface area contributed by atoms with Crippen LogP contribution in [0.5, 0.6) is 0 Å². The Morgan fingerprint density at radius 1 is 1.26 bits per heavy atom. The normalized spacial score (nSPS) is 30.5. The van der Waals surface area contributed by atoms with Gasteiger partial charge >= 0.3 is 6.03 Å². The summed E-state index contributed by atoms with van der Waals surface area (Å²) in [7, 11) is 1.63. The molecule has 122 valence electrons. The molecule has 7 heteroatoms. The van der Waals surface area contributed by atoms with E-state index in [2.05, 4.69) is 9.88 Å². The van der Waals surface area contributed by atoms with Crippen LogP contribution in [0.4, 0.5) is 10.6 Å². The number of amides is 3. The molecule has 3 fully saturated rings. The highest BCUT2D eigenvalue weighted by Crippen LogP contribution is 2.32. The van der Waals surface area contributed by atoms with Crippen molar-refractivity contribution < 1.29 is 14.3 Å². The predicted octanol–water partition coefficient (Wildman–Crippen LogP) is 0.712. The SMILES string of the molecule is CO[C@@H]1C[C@@H]2C(=O)N([C@H]3CCN(c4ccccn4)C3)C(=O)N2C1. The first-order valence-corrected chi connectivity index (χ1v) is 8.01. The van der Waals surface area contributed by atoms with Crippen molar-refractivity contribution in [3.63, 3.8) is 0 Å². The molecule has 0 aliphatic carbocycles. The molecule has 7 nitrogen and oxygen atoms in total. The largest absolute Gasteiger partial charge is 0.380 e. The number of methoxy groups -OCH3 is 1. The lowest BCUT2D eigenvalue weighted by atomic mass is 10.1. The molecule has 3 aliphatic heterocycles. The monoisotopic (exact) mass is 316 g/mol. The standard InChI is InChI=1S/C16H20N4O3/c1-23-12-8-13-15(21)20(16(22)19(13)10-12)11-5-7-18(9-11)14-4-2-3-6-17-14/h2-4,6,11-13H,5,7-10H2,1H3/t11-,12+,13+/m0/s1. The molecule has 1 aromatic heterocycles. The molecule has 0 unspecified atom stereocenters. The average Bonchev–Trinajstić information content (AvgIpc) is 3.26. The summed E-state index contributed by atoms with van der Waals surface area (Å²) in [6.45, 7) is 1.98. The van der Waals surface area contributed by atoms with Crippen molar-refractivity contribution in [1.29, 1.82) is 0 Å². The lowest BCUT2D eigenvalue weighted by Crippen LogP contribution is -2.44. The summed E-state index contributed by atoms with van der Waals surface area (Å²) in [5, 5.41) is 0. The Morgan fingerprint density at radius 3 is 2.83 bits per heavy atom. The fourth-order valence-corrected chi connectivity index (χ4v) is 3.84. The molecule has 0 saturated carbocycles. The van der Waals surface area contributed by atoms with Gasteiger partial charge in [0.2, 0.25) is 0 Å². The Kier molecular flexibility index (Phi) is 3.45. The van der Waals surface area contributed by atoms with Gasteiger partial charge in [-0.1, -0.05) is 6.07 Å². The molecule has 1 aromatic rings. The molecule has 3 atom stereocenters. The lowest BCUT2D eigenvalue weighted by molar-refractivity contribution is -0.129. The van der Waals surface area contributed by atoms with E-state index in [4.69, 9.17) is 4.74 Å². The van der Waals surface area contributed by atoms with Crippen LogP contribution in [0.15, 0.2) is 24.4 Å². The Bertz CT molecular complexity index is 599. The molecule has 4 heterocycles. The van der Waals surface area contributed by atoms with E-state index in [1.54, 1.807) is 18.2 Å². The topological polar surface area (TPSA) is 66.0 Å². The molecular formula is C16H20N4O3. The van der Waals surface area contributed by atoms with Gasteiger partial charge in [-0.15, -0.1) is 0 Å². The van der Waals surface area contributed by atoms with Crippen LogP contribution in [0.3, 0.4) is 0 Å². The summed E-state index contributed by atoms with van der Waals surface area (Å²) in [6.07, 6.45) is 3.13. The number of carbonyl (C=O) groups excluding carboxylic acids is 2. The quantitative estimate of drug-likeness (QED) is 0.769. The second-order valence-electron chi connectivity index (χ2n) is 6.33. The minimum atomic E-state index is -0.337. The van der Waals surface area contributed by atoms with Crippen LogP contribution in [0, 0.1) is 0 Å². The van der Waals surface area contributed by atoms with Crippen LogP contribution >= 0.6 is 0 Å². The number of carbonyl (C=O) groups is 2. The Morgan fingerprint density at radius 2 is 2.13 bits per heavy atom. The van der Waals surface area contributed by atoms with E-state index in [1.165, 1.54) is 4.90 Å². The number of fused-ring (bicyclic) bond motifs is 1. The van der Waals surface area contributed by atoms with E-state index in [0.29, 0.717) is 19.5 Å². The second-order valence-corrected chi connectivity index (χ2v) is 6.33. The van der Waals surface area contributed by atoms with E-state index < -0.39 is 0 Å². The number of ether oxygens (including phenoxy) is 1. The molecule has 23 heavy (non-hydrogen) atoms. The Labute approximate surface area is 134 Å². The number of urea groups is 1. The fraction of sp³-hybridized carbons (Fsp3) is 0.562. The number of hydrogen-bond donors (Lipinski definition) is 0. The molecule has 3 aliphatic rings. The van der Waals surface area contributed by atoms with Gasteiger partial charge in [0, 0.05) is 39.4 Å². The van der Waals surface area contributed by atoms with Gasteiger partial charge in [0.05, 0.1) is 12.1 Å². The smallest absolute Gasteiger partial charge is 0.327 e. The molecule has 0 N–H and O–H groups in total. The zero-order valence-electron chi connectivity index (χ0n) is 13.1. The number of anilines is 1. The number of imide groups is 1. The summed E-state index contributed by atoms with van der Waals surface area (Å²) in [5.74, 6) is 0.830. The predicted molar refractivity (Wildman–Crippen MR) is 83.0 cm³/mol. The molecule has 0 bridgehead atoms. The maximum atomic E-state index is 12.7. The lowest BCUT2D eigenvalue weighted by Gasteiger charge is -2.24. The maximum Gasteiger partial charge on any atom is 0.327 e. The van der Waals surface area contributed by atoms with Crippen molar-refractivity contribution in [2.45, 2.75) is 31.0 Å². The van der Waals surface area contributed by atoms with Crippen LogP contribution < -0.4 is 4.90 Å². The van der Waals surface area contributed by atoms with Crippen molar-refractivity contribution in [2.24, 2.45) is 0 Å². The van der Waals surface area contributed by atoms with E-state index in [-0.39, 0.29) is 30.1 Å². The highest BCUT2D eigenvalue weighted by atomic mass is 16.5. The molecule has 0 spiro atoms. The van der Waals surface area contributed by atoms with Gasteiger partial charge in [-0.2, -0.15) is 0 Å². The molecule has 0 radical (unpaired) electrons. The van der Waals surface area contributed by atoms with Crippen molar-refractivity contribution in [1.82, 2.24) is 14.8 Å². The minimum Gasteiger partial charge on any atom is -0.380 e.